The van der Waals surface area contributed by atoms with Gasteiger partial charge in [-0.2, -0.15) is 21.6 Å². The van der Waals surface area contributed by atoms with E-state index in [0.29, 0.717) is 60.4 Å². The summed E-state index contributed by atoms with van der Waals surface area (Å²) in [5, 5.41) is 3.36. The zero-order valence-corrected chi connectivity index (χ0v) is 23.3. The number of hydrogen-bond donors (Lipinski definition) is 1. The molecule has 1 N–H and O–H groups in total. The molecular formula is C27H28ClF3N3O3S2+. The molecule has 0 unspecified atom stereocenters. The predicted octanol–water partition coefficient (Wildman–Crippen LogP) is 5.53. The molecular weight excluding hydrogens is 571 g/mol. The molecule has 0 radical (unpaired) electrons. The SMILES string of the molecule is O=C(NCc1ccc(S(=O)(=O)[N+]2(C3CCN(Cc4ccc(C(F)(F)F)cc4)CC3)CC2)s1)c1ccc(Cl)cc1. The maximum atomic E-state index is 13.7. The van der Waals surface area contributed by atoms with E-state index in [4.69, 9.17) is 11.6 Å². The number of nitrogens with zero attached hydrogens (tertiary/aromatic N) is 2. The monoisotopic (exact) mass is 598 g/mol. The van der Waals surface area contributed by atoms with E-state index in [1.54, 1.807) is 36.4 Å². The van der Waals surface area contributed by atoms with Crippen molar-refractivity contribution in [3.05, 3.63) is 87.3 Å². The van der Waals surface area contributed by atoms with Crippen molar-refractivity contribution >= 4 is 38.9 Å². The lowest BCUT2D eigenvalue weighted by atomic mass is 10.0. The Kier molecular flexibility index (Phi) is 7.82. The van der Waals surface area contributed by atoms with Crippen LogP contribution in [0.25, 0.3) is 0 Å². The zero-order chi connectivity index (χ0) is 27.8. The highest BCUT2D eigenvalue weighted by molar-refractivity contribution is 7.88. The Morgan fingerprint density at radius 1 is 1.00 bits per heavy atom. The highest BCUT2D eigenvalue weighted by Gasteiger charge is 2.60. The fourth-order valence-electron chi connectivity index (χ4n) is 5.15. The van der Waals surface area contributed by atoms with Crippen LogP contribution in [-0.2, 0) is 29.3 Å². The number of thiophene rings is 1. The first-order valence-electron chi connectivity index (χ1n) is 12.6. The molecule has 3 aromatic rings. The zero-order valence-electron chi connectivity index (χ0n) is 21.0. The molecule has 6 nitrogen and oxygen atoms in total. The third kappa shape index (κ3) is 6.02. The van der Waals surface area contributed by atoms with Crippen molar-refractivity contribution in [1.29, 1.82) is 0 Å². The summed E-state index contributed by atoms with van der Waals surface area (Å²) >= 11 is 7.05. The standard InChI is InChI=1S/C27H27ClF3N3O3S2/c28-22-7-3-20(4-8-22)26(35)32-17-24-9-10-25(38-24)39(36,37)34(15-16-34)23-11-13-33(14-12-23)18-19-1-5-21(6-2-19)27(29,30)31/h1-10,23H,11-18H2/p+1. The first-order chi connectivity index (χ1) is 18.5. The molecule has 5 rings (SSSR count). The second kappa shape index (κ2) is 10.9. The van der Waals surface area contributed by atoms with Crippen LogP contribution < -0.4 is 5.32 Å². The molecule has 1 amide bonds. The molecule has 0 aliphatic carbocycles. The molecule has 0 saturated carbocycles. The molecule has 39 heavy (non-hydrogen) atoms. The minimum Gasteiger partial charge on any atom is -0.347 e. The number of quaternary nitrogens is 1. The number of hydrogen-bond acceptors (Lipinski definition) is 5. The van der Waals surface area contributed by atoms with Crippen LogP contribution in [0.4, 0.5) is 13.2 Å². The lowest BCUT2D eigenvalue weighted by Crippen LogP contribution is -2.49. The van der Waals surface area contributed by atoms with Crippen LogP contribution >= 0.6 is 22.9 Å². The second-order valence-corrected chi connectivity index (χ2v) is 14.0. The minimum atomic E-state index is -4.35. The van der Waals surface area contributed by atoms with Gasteiger partial charge in [-0.3, -0.25) is 9.69 Å². The van der Waals surface area contributed by atoms with Crippen LogP contribution in [0.1, 0.15) is 39.2 Å². The molecule has 2 aromatic carbocycles. The Morgan fingerprint density at radius 3 is 2.23 bits per heavy atom. The lowest BCUT2D eigenvalue weighted by molar-refractivity contribution is -0.698. The molecule has 208 valence electrons. The molecule has 0 spiro atoms. The van der Waals surface area contributed by atoms with Gasteiger partial charge in [-0.05, 0) is 54.1 Å². The van der Waals surface area contributed by atoms with Gasteiger partial charge in [0.05, 0.1) is 12.1 Å². The number of benzene rings is 2. The third-order valence-electron chi connectivity index (χ3n) is 7.47. The number of sulfonamides is 1. The first-order valence-corrected chi connectivity index (χ1v) is 15.2. The fourth-order valence-corrected chi connectivity index (χ4v) is 8.90. The van der Waals surface area contributed by atoms with Gasteiger partial charge >= 0.3 is 16.2 Å². The number of rotatable bonds is 8. The van der Waals surface area contributed by atoms with Gasteiger partial charge in [0.2, 0.25) is 0 Å². The fraction of sp³-hybridized carbons (Fsp3) is 0.370. The van der Waals surface area contributed by atoms with Crippen molar-refractivity contribution in [1.82, 2.24) is 10.2 Å². The average molecular weight is 599 g/mol. The van der Waals surface area contributed by atoms with Crippen molar-refractivity contribution in [3.8, 4) is 0 Å². The van der Waals surface area contributed by atoms with Crippen molar-refractivity contribution in [3.63, 3.8) is 0 Å². The van der Waals surface area contributed by atoms with Crippen LogP contribution in [0.15, 0.2) is 64.9 Å². The van der Waals surface area contributed by atoms with Crippen LogP contribution in [0, 0.1) is 0 Å². The van der Waals surface area contributed by atoms with Gasteiger partial charge in [0.1, 0.15) is 19.1 Å². The maximum Gasteiger partial charge on any atom is 0.416 e. The van der Waals surface area contributed by atoms with Crippen molar-refractivity contribution < 1.29 is 30.3 Å². The van der Waals surface area contributed by atoms with Crippen molar-refractivity contribution in [2.45, 2.75) is 42.4 Å². The summed E-state index contributed by atoms with van der Waals surface area (Å²) in [6, 6.07) is 15.1. The number of nitrogens with one attached hydrogen (secondary N) is 1. The summed E-state index contributed by atoms with van der Waals surface area (Å²) < 4.78 is 66.2. The van der Waals surface area contributed by atoms with Gasteiger partial charge in [-0.15, -0.1) is 11.3 Å². The Labute approximate surface area is 234 Å². The van der Waals surface area contributed by atoms with Gasteiger partial charge in [-0.1, -0.05) is 23.7 Å². The molecule has 2 fully saturated rings. The van der Waals surface area contributed by atoms with E-state index >= 15 is 0 Å². The number of alkyl halides is 3. The third-order valence-corrected chi connectivity index (χ3v) is 11.8. The second-order valence-electron chi connectivity index (χ2n) is 9.99. The van der Waals surface area contributed by atoms with E-state index in [1.807, 2.05) is 0 Å². The molecule has 1 aromatic heterocycles. The van der Waals surface area contributed by atoms with Crippen LogP contribution in [0.2, 0.25) is 5.02 Å². The summed E-state index contributed by atoms with van der Waals surface area (Å²) in [4.78, 5) is 15.3. The Hall–Kier alpha value is -2.44. The summed E-state index contributed by atoms with van der Waals surface area (Å²) in [7, 11) is -3.59. The number of carbonyl (C=O) groups is 1. The Morgan fingerprint density at radius 2 is 1.64 bits per heavy atom. The normalized spacial score (nSPS) is 18.2. The smallest absolute Gasteiger partial charge is 0.347 e. The quantitative estimate of drug-likeness (QED) is 0.273. The van der Waals surface area contributed by atoms with E-state index in [2.05, 4.69) is 10.2 Å². The van der Waals surface area contributed by atoms with E-state index in [0.717, 1.165) is 22.6 Å². The van der Waals surface area contributed by atoms with Gasteiger partial charge in [-0.25, -0.2) is 3.89 Å². The van der Waals surface area contributed by atoms with Gasteiger partial charge in [0.25, 0.3) is 5.91 Å². The largest absolute Gasteiger partial charge is 0.416 e. The molecule has 2 aliphatic rings. The number of piperidine rings is 1. The van der Waals surface area contributed by atoms with Crippen LogP contribution in [-0.4, -0.2) is 55.3 Å². The molecule has 0 bridgehead atoms. The van der Waals surface area contributed by atoms with E-state index in [-0.39, 0.29) is 22.4 Å². The summed E-state index contributed by atoms with van der Waals surface area (Å²) in [5.41, 5.74) is 0.616. The predicted molar refractivity (Wildman–Crippen MR) is 144 cm³/mol. The average Bonchev–Trinajstić information content (AvgIpc) is 3.59. The maximum absolute atomic E-state index is 13.7. The Balaban J connectivity index is 1.17. The molecule has 3 heterocycles. The molecule has 2 saturated heterocycles. The first kappa shape index (κ1) is 28.1. The molecule has 12 heteroatoms. The Bertz CT molecular complexity index is 1430. The minimum absolute atomic E-state index is 0.0194. The number of amides is 1. The van der Waals surface area contributed by atoms with Gasteiger partial charge in [0, 0.05) is 47.9 Å². The highest BCUT2D eigenvalue weighted by Crippen LogP contribution is 2.42. The topological polar surface area (TPSA) is 66.5 Å². The van der Waals surface area contributed by atoms with E-state index in [9.17, 15) is 26.4 Å². The van der Waals surface area contributed by atoms with Crippen molar-refractivity contribution in [2.24, 2.45) is 0 Å². The van der Waals surface area contributed by atoms with E-state index in [1.165, 1.54) is 23.5 Å². The lowest BCUT2D eigenvalue weighted by Gasteiger charge is -2.35. The number of halogens is 4. The summed E-state index contributed by atoms with van der Waals surface area (Å²) in [6.45, 7) is 3.29. The summed E-state index contributed by atoms with van der Waals surface area (Å²) in [6.07, 6.45) is -2.95. The molecule has 2 aliphatic heterocycles. The molecule has 0 atom stereocenters. The number of carbonyl (C=O) groups excluding carboxylic acids is 1. The summed E-state index contributed by atoms with van der Waals surface area (Å²) in [5.74, 6) is -0.262. The number of likely N-dealkylation sites (tertiary alicyclic amines) is 1. The van der Waals surface area contributed by atoms with Gasteiger partial charge in [0.15, 0.2) is 4.21 Å². The van der Waals surface area contributed by atoms with Crippen LogP contribution in [0.3, 0.4) is 0 Å². The highest BCUT2D eigenvalue weighted by atomic mass is 35.5. The van der Waals surface area contributed by atoms with Crippen LogP contribution in [0.5, 0.6) is 0 Å². The van der Waals surface area contributed by atoms with Crippen molar-refractivity contribution in [2.75, 3.05) is 26.2 Å². The van der Waals surface area contributed by atoms with E-state index < -0.39 is 21.8 Å². The van der Waals surface area contributed by atoms with Gasteiger partial charge < -0.3 is 5.32 Å².